The Morgan fingerprint density at radius 2 is 2.35 bits per heavy atom. The summed E-state index contributed by atoms with van der Waals surface area (Å²) in [5.41, 5.74) is 1.09. The van der Waals surface area contributed by atoms with E-state index in [-0.39, 0.29) is 11.9 Å². The van der Waals surface area contributed by atoms with Gasteiger partial charge in [-0.05, 0) is 40.9 Å². The molecule has 0 aromatic carbocycles. The molecule has 1 N–H and O–H groups in total. The van der Waals surface area contributed by atoms with Gasteiger partial charge in [-0.1, -0.05) is 15.9 Å². The van der Waals surface area contributed by atoms with E-state index >= 15 is 0 Å². The molecule has 0 saturated carbocycles. The number of alkyl halides is 1. The number of ether oxygens (including phenoxy) is 1. The molecule has 0 spiro atoms. The molecule has 96 valence electrons. The summed E-state index contributed by atoms with van der Waals surface area (Å²) in [7, 11) is 1.64. The van der Waals surface area contributed by atoms with Crippen molar-refractivity contribution in [2.45, 2.75) is 19.4 Å². The predicted octanol–water partition coefficient (Wildman–Crippen LogP) is 3.35. The van der Waals surface area contributed by atoms with Crippen molar-refractivity contribution in [2.75, 3.05) is 19.0 Å². The third-order valence-corrected chi connectivity index (χ3v) is 4.83. The highest BCUT2D eigenvalue weighted by molar-refractivity contribution is 9.11. The van der Waals surface area contributed by atoms with E-state index in [0.29, 0.717) is 6.61 Å². The van der Waals surface area contributed by atoms with E-state index in [1.54, 1.807) is 7.11 Å². The molecule has 0 aliphatic rings. The van der Waals surface area contributed by atoms with Crippen molar-refractivity contribution < 1.29 is 9.53 Å². The first-order valence-corrected chi connectivity index (χ1v) is 7.93. The van der Waals surface area contributed by atoms with Crippen molar-refractivity contribution in [1.82, 2.24) is 5.32 Å². The van der Waals surface area contributed by atoms with Crippen molar-refractivity contribution in [3.8, 4) is 0 Å². The Hall–Kier alpha value is 0.0900. The zero-order chi connectivity index (χ0) is 12.8. The van der Waals surface area contributed by atoms with Crippen LogP contribution in [0.5, 0.6) is 0 Å². The van der Waals surface area contributed by atoms with E-state index in [1.165, 1.54) is 11.3 Å². The Bertz CT molecular complexity index is 356. The van der Waals surface area contributed by atoms with Crippen LogP contribution in [0.2, 0.25) is 0 Å². The van der Waals surface area contributed by atoms with Crippen LogP contribution < -0.4 is 5.32 Å². The third-order valence-electron chi connectivity index (χ3n) is 2.24. The molecule has 0 radical (unpaired) electrons. The van der Waals surface area contributed by atoms with E-state index in [1.807, 2.05) is 13.0 Å². The minimum Gasteiger partial charge on any atom is -0.383 e. The van der Waals surface area contributed by atoms with E-state index in [2.05, 4.69) is 37.2 Å². The molecule has 0 bridgehead atoms. The van der Waals surface area contributed by atoms with Gasteiger partial charge in [0.1, 0.15) is 0 Å². The summed E-state index contributed by atoms with van der Waals surface area (Å²) in [6, 6.07) is 1.94. The van der Waals surface area contributed by atoms with Gasteiger partial charge >= 0.3 is 0 Å². The molecule has 1 atom stereocenters. The lowest BCUT2D eigenvalue weighted by Gasteiger charge is -2.16. The van der Waals surface area contributed by atoms with Crippen molar-refractivity contribution in [1.29, 1.82) is 0 Å². The molecule has 1 amide bonds. The molecular weight excluding hydrogens is 370 g/mol. The van der Waals surface area contributed by atoms with Gasteiger partial charge in [0.25, 0.3) is 5.91 Å². The molecule has 1 aromatic heterocycles. The minimum absolute atomic E-state index is 0.0354. The second-order valence-electron chi connectivity index (χ2n) is 3.67. The summed E-state index contributed by atoms with van der Waals surface area (Å²) >= 11 is 8.24. The molecule has 1 aromatic rings. The molecule has 17 heavy (non-hydrogen) atoms. The van der Waals surface area contributed by atoms with Gasteiger partial charge in [0.2, 0.25) is 0 Å². The lowest BCUT2D eigenvalue weighted by Crippen LogP contribution is -2.38. The van der Waals surface area contributed by atoms with Crippen molar-refractivity contribution in [3.63, 3.8) is 0 Å². The number of aryl methyl sites for hydroxylation is 1. The second-order valence-corrected chi connectivity index (χ2v) is 6.83. The van der Waals surface area contributed by atoms with Crippen LogP contribution in [-0.4, -0.2) is 31.0 Å². The number of hydrogen-bond acceptors (Lipinski definition) is 3. The van der Waals surface area contributed by atoms with Crippen LogP contribution in [-0.2, 0) is 4.74 Å². The number of amides is 1. The Balaban J connectivity index is 2.63. The van der Waals surface area contributed by atoms with Crippen LogP contribution >= 0.6 is 43.2 Å². The predicted molar refractivity (Wildman–Crippen MR) is 78.3 cm³/mol. The summed E-state index contributed by atoms with van der Waals surface area (Å²) < 4.78 is 6.09. The van der Waals surface area contributed by atoms with Gasteiger partial charge in [-0.2, -0.15) is 0 Å². The fraction of sp³-hybridized carbons (Fsp3) is 0.545. The number of carbonyl (C=O) groups is 1. The fourth-order valence-corrected chi connectivity index (χ4v) is 3.35. The van der Waals surface area contributed by atoms with Gasteiger partial charge in [0.15, 0.2) is 0 Å². The first-order valence-electron chi connectivity index (χ1n) is 5.20. The summed E-state index contributed by atoms with van der Waals surface area (Å²) in [6.07, 6.45) is 0.852. The molecule has 1 unspecified atom stereocenters. The molecule has 0 aliphatic heterocycles. The highest BCUT2D eigenvalue weighted by Crippen LogP contribution is 2.27. The van der Waals surface area contributed by atoms with E-state index in [9.17, 15) is 4.79 Å². The smallest absolute Gasteiger partial charge is 0.261 e. The average Bonchev–Trinajstić information content (AvgIpc) is 2.60. The Morgan fingerprint density at radius 1 is 1.65 bits per heavy atom. The number of methoxy groups -OCH3 is 1. The van der Waals surface area contributed by atoms with Crippen molar-refractivity contribution in [2.24, 2.45) is 0 Å². The second kappa shape index (κ2) is 7.51. The van der Waals surface area contributed by atoms with Gasteiger partial charge in [-0.25, -0.2) is 0 Å². The topological polar surface area (TPSA) is 38.3 Å². The van der Waals surface area contributed by atoms with Gasteiger partial charge in [0.05, 0.1) is 21.3 Å². The SMILES string of the molecule is COCC(CCBr)NC(=O)c1cc(C)c(Br)s1. The number of halogens is 2. The average molecular weight is 385 g/mol. The summed E-state index contributed by atoms with van der Waals surface area (Å²) in [4.78, 5) is 12.7. The highest BCUT2D eigenvalue weighted by Gasteiger charge is 2.15. The number of hydrogen-bond donors (Lipinski definition) is 1. The molecule has 6 heteroatoms. The summed E-state index contributed by atoms with van der Waals surface area (Å²) in [5, 5.41) is 3.81. The number of nitrogens with one attached hydrogen (secondary N) is 1. The lowest BCUT2D eigenvalue weighted by molar-refractivity contribution is 0.0899. The van der Waals surface area contributed by atoms with Crippen molar-refractivity contribution in [3.05, 3.63) is 20.3 Å². The molecule has 0 aliphatic carbocycles. The zero-order valence-electron chi connectivity index (χ0n) is 9.76. The van der Waals surface area contributed by atoms with Crippen LogP contribution in [0.15, 0.2) is 9.85 Å². The molecule has 0 saturated heterocycles. The quantitative estimate of drug-likeness (QED) is 0.763. The lowest BCUT2D eigenvalue weighted by atomic mass is 10.2. The molecule has 1 rings (SSSR count). The van der Waals surface area contributed by atoms with Gasteiger partial charge in [0, 0.05) is 12.4 Å². The highest BCUT2D eigenvalue weighted by atomic mass is 79.9. The third kappa shape index (κ3) is 4.69. The molecular formula is C11H15Br2NO2S. The van der Waals surface area contributed by atoms with E-state index < -0.39 is 0 Å². The van der Waals surface area contributed by atoms with Crippen LogP contribution in [0, 0.1) is 6.92 Å². The summed E-state index contributed by atoms with van der Waals surface area (Å²) in [5.74, 6) is -0.0354. The minimum atomic E-state index is -0.0354. The Labute approximate surface area is 122 Å². The number of carbonyl (C=O) groups excluding carboxylic acids is 1. The maximum absolute atomic E-state index is 12.0. The maximum Gasteiger partial charge on any atom is 0.261 e. The van der Waals surface area contributed by atoms with Gasteiger partial charge in [-0.15, -0.1) is 11.3 Å². The molecule has 3 nitrogen and oxygen atoms in total. The van der Waals surface area contributed by atoms with Crippen LogP contribution in [0.3, 0.4) is 0 Å². The van der Waals surface area contributed by atoms with Crippen LogP contribution in [0.4, 0.5) is 0 Å². The van der Waals surface area contributed by atoms with E-state index in [4.69, 9.17) is 4.74 Å². The van der Waals surface area contributed by atoms with Crippen LogP contribution in [0.25, 0.3) is 0 Å². The first kappa shape index (κ1) is 15.1. The van der Waals surface area contributed by atoms with Gasteiger partial charge < -0.3 is 10.1 Å². The summed E-state index contributed by atoms with van der Waals surface area (Å²) in [6.45, 7) is 2.51. The zero-order valence-corrected chi connectivity index (χ0v) is 13.7. The monoisotopic (exact) mass is 383 g/mol. The largest absolute Gasteiger partial charge is 0.383 e. The normalized spacial score (nSPS) is 12.5. The molecule has 1 heterocycles. The number of thiophene rings is 1. The number of rotatable bonds is 6. The van der Waals surface area contributed by atoms with Crippen LogP contribution in [0.1, 0.15) is 21.7 Å². The molecule has 0 fully saturated rings. The maximum atomic E-state index is 12.0. The first-order chi connectivity index (χ1) is 8.08. The van der Waals surface area contributed by atoms with Gasteiger partial charge in [-0.3, -0.25) is 4.79 Å². The standard InChI is InChI=1S/C11H15Br2NO2S/c1-7-5-9(17-10(7)13)11(15)14-8(3-4-12)6-16-2/h5,8H,3-4,6H2,1-2H3,(H,14,15). The Kier molecular flexibility index (Phi) is 6.69. The Morgan fingerprint density at radius 3 is 2.82 bits per heavy atom. The fourth-order valence-electron chi connectivity index (χ4n) is 1.36. The van der Waals surface area contributed by atoms with E-state index in [0.717, 1.165) is 26.0 Å². The van der Waals surface area contributed by atoms with Crippen molar-refractivity contribution >= 4 is 49.1 Å².